The highest BCUT2D eigenvalue weighted by Crippen LogP contribution is 2.44. The highest BCUT2D eigenvalue weighted by molar-refractivity contribution is 7.94. The second kappa shape index (κ2) is 13.5. The molecule has 4 aromatic carbocycles. The van der Waals surface area contributed by atoms with E-state index in [0.717, 1.165) is 55.6 Å². The predicted molar refractivity (Wildman–Crippen MR) is 179 cm³/mol. The van der Waals surface area contributed by atoms with Crippen LogP contribution in [0.4, 0.5) is 22.7 Å². The SMILES string of the molecule is C=CS(=O)(=O)c1cc(O)c(N=Nc2c(S(=O)(=O)O)cc3ccc(N=NC4C(=O)N(c5ccc(S(=O)(=O)O)cc5)N=C4C(=O)O)cc3c2O)cc1OC. The zero-order valence-electron chi connectivity index (χ0n) is 26.0. The maximum atomic E-state index is 13.1. The van der Waals surface area contributed by atoms with Crippen LogP contribution in [0.15, 0.2) is 113 Å². The third-order valence-electron chi connectivity index (χ3n) is 7.16. The van der Waals surface area contributed by atoms with Gasteiger partial charge in [0.2, 0.25) is 15.9 Å². The van der Waals surface area contributed by atoms with Crippen LogP contribution in [0.2, 0.25) is 0 Å². The second-order valence-corrected chi connectivity index (χ2v) is 15.1. The third-order valence-corrected chi connectivity index (χ3v) is 10.3. The number of carbonyl (C=O) groups is 2. The first-order chi connectivity index (χ1) is 24.3. The lowest BCUT2D eigenvalue weighted by atomic mass is 10.1. The molecule has 0 saturated heterocycles. The molecule has 1 atom stereocenters. The number of hydrogen-bond acceptors (Lipinski definition) is 16. The molecule has 0 fully saturated rings. The lowest BCUT2D eigenvalue weighted by molar-refractivity contribution is -0.130. The lowest BCUT2D eigenvalue weighted by Gasteiger charge is -2.12. The first-order valence-corrected chi connectivity index (χ1v) is 18.3. The molecule has 0 aromatic heterocycles. The highest BCUT2D eigenvalue weighted by Gasteiger charge is 2.41. The summed E-state index contributed by atoms with van der Waals surface area (Å²) in [5.41, 5.74) is -2.20. The van der Waals surface area contributed by atoms with Crippen LogP contribution < -0.4 is 9.75 Å². The van der Waals surface area contributed by atoms with Crippen molar-refractivity contribution in [3.8, 4) is 17.2 Å². The van der Waals surface area contributed by atoms with Crippen LogP contribution in [0, 0.1) is 0 Å². The number of phenolic OH excluding ortho intramolecular Hbond substituents is 2. The predicted octanol–water partition coefficient (Wildman–Crippen LogP) is 4.03. The van der Waals surface area contributed by atoms with Crippen molar-refractivity contribution in [2.45, 2.75) is 20.7 Å². The summed E-state index contributed by atoms with van der Waals surface area (Å²) >= 11 is 0. The van der Waals surface area contributed by atoms with E-state index in [-0.39, 0.29) is 27.9 Å². The molecule has 0 spiro atoms. The number of fused-ring (bicyclic) bond motifs is 1. The molecule has 1 unspecified atom stereocenters. The number of azo groups is 2. The Balaban J connectivity index is 1.53. The fourth-order valence-electron chi connectivity index (χ4n) is 4.66. The summed E-state index contributed by atoms with van der Waals surface area (Å²) in [4.78, 5) is 23.1. The van der Waals surface area contributed by atoms with E-state index in [4.69, 9.17) is 4.74 Å². The largest absolute Gasteiger partial charge is 0.506 e. The van der Waals surface area contributed by atoms with Crippen LogP contribution in [0.5, 0.6) is 17.2 Å². The van der Waals surface area contributed by atoms with Gasteiger partial charge in [-0.1, -0.05) is 12.6 Å². The van der Waals surface area contributed by atoms with E-state index < -0.39 is 91.3 Å². The molecule has 1 aliphatic rings. The van der Waals surface area contributed by atoms with Crippen LogP contribution >= 0.6 is 0 Å². The van der Waals surface area contributed by atoms with Gasteiger partial charge in [-0.15, -0.1) is 10.2 Å². The van der Waals surface area contributed by atoms with Crippen molar-refractivity contribution < 1.29 is 64.0 Å². The number of methoxy groups -OCH3 is 1. The minimum Gasteiger partial charge on any atom is -0.506 e. The van der Waals surface area contributed by atoms with E-state index in [9.17, 15) is 59.3 Å². The normalized spacial score (nSPS) is 15.4. The van der Waals surface area contributed by atoms with Gasteiger partial charge in [0.25, 0.3) is 26.1 Å². The average molecular weight is 775 g/mol. The molecular weight excluding hydrogens is 753 g/mol. The summed E-state index contributed by atoms with van der Waals surface area (Å²) in [6, 6.07) is 8.55. The van der Waals surface area contributed by atoms with Gasteiger partial charge in [-0.05, 0) is 47.9 Å². The third kappa shape index (κ3) is 7.19. The number of rotatable bonds is 11. The summed E-state index contributed by atoms with van der Waals surface area (Å²) in [6.45, 7) is 3.20. The Morgan fingerprint density at radius 1 is 0.904 bits per heavy atom. The molecule has 1 amide bonds. The van der Waals surface area contributed by atoms with Crippen molar-refractivity contribution in [2.75, 3.05) is 12.1 Å². The lowest BCUT2D eigenvalue weighted by Crippen LogP contribution is -2.33. The molecule has 20 nitrogen and oxygen atoms in total. The summed E-state index contributed by atoms with van der Waals surface area (Å²) < 4.78 is 95.9. The number of hydrazone groups is 1. The van der Waals surface area contributed by atoms with Gasteiger partial charge in [0.1, 0.15) is 32.7 Å². The number of hydrogen-bond donors (Lipinski definition) is 5. The Morgan fingerprint density at radius 2 is 1.58 bits per heavy atom. The molecule has 270 valence electrons. The van der Waals surface area contributed by atoms with E-state index in [0.29, 0.717) is 10.4 Å². The summed E-state index contributed by atoms with van der Waals surface area (Å²) in [5.74, 6) is -4.57. The van der Waals surface area contributed by atoms with Crippen molar-refractivity contribution in [3.63, 3.8) is 0 Å². The van der Waals surface area contributed by atoms with Crippen LogP contribution in [0.25, 0.3) is 10.8 Å². The van der Waals surface area contributed by atoms with Crippen molar-refractivity contribution >= 4 is 81.2 Å². The van der Waals surface area contributed by atoms with Gasteiger partial charge in [0.05, 0.1) is 23.4 Å². The summed E-state index contributed by atoms with van der Waals surface area (Å²) in [6.07, 6.45) is 0. The number of phenols is 2. The number of anilines is 1. The molecule has 23 heteroatoms. The fourth-order valence-corrected chi connectivity index (χ4v) is 6.67. The number of carboxylic acids is 1. The molecule has 5 rings (SSSR count). The molecule has 1 aliphatic heterocycles. The number of sulfone groups is 1. The van der Waals surface area contributed by atoms with Crippen molar-refractivity contribution in [1.82, 2.24) is 0 Å². The van der Waals surface area contributed by atoms with Crippen LogP contribution in [-0.2, 0) is 39.7 Å². The average Bonchev–Trinajstić information content (AvgIpc) is 3.42. The van der Waals surface area contributed by atoms with Gasteiger partial charge in [0.15, 0.2) is 11.5 Å². The number of benzene rings is 4. The molecule has 0 saturated carbocycles. The van der Waals surface area contributed by atoms with Gasteiger partial charge in [-0.25, -0.2) is 13.2 Å². The Hall–Kier alpha value is -6.14. The number of aliphatic carboxylic acids is 1. The minimum absolute atomic E-state index is 0.00997. The van der Waals surface area contributed by atoms with E-state index in [1.165, 1.54) is 12.1 Å². The Morgan fingerprint density at radius 3 is 2.15 bits per heavy atom. The number of carboxylic acid groups (broad SMARTS) is 1. The Labute approximate surface area is 292 Å². The molecule has 0 bridgehead atoms. The molecule has 1 heterocycles. The number of nitrogens with zero attached hydrogens (tertiary/aromatic N) is 6. The van der Waals surface area contributed by atoms with E-state index in [2.05, 4.69) is 32.1 Å². The standard InChI is InChI=1S/C29H22N6O14S3/c1-3-50(41,42)22-13-20(36)19(12-21(22)49-2)31-32-24-23(52(46,47)48)10-14-4-5-15(11-18(14)27(24)37)30-33-25-26(29(39)40)34-35(28(25)38)16-6-8-17(9-7-16)51(43,44)45/h3-13,25,36-37H,1H2,2H3,(H,39,40)(H,43,44,45)(H,46,47,48). The molecule has 52 heavy (non-hydrogen) atoms. The van der Waals surface area contributed by atoms with Gasteiger partial charge in [0, 0.05) is 22.9 Å². The van der Waals surface area contributed by atoms with Crippen molar-refractivity contribution in [3.05, 3.63) is 72.7 Å². The number of aromatic hydroxyl groups is 2. The molecule has 4 aromatic rings. The maximum Gasteiger partial charge on any atom is 0.355 e. The van der Waals surface area contributed by atoms with Crippen LogP contribution in [0.3, 0.4) is 0 Å². The van der Waals surface area contributed by atoms with E-state index in [1.807, 2.05) is 0 Å². The van der Waals surface area contributed by atoms with Crippen molar-refractivity contribution in [2.24, 2.45) is 25.6 Å². The Kier molecular flexibility index (Phi) is 9.66. The summed E-state index contributed by atoms with van der Waals surface area (Å²) in [5, 5.41) is 51.2. The number of amides is 1. The van der Waals surface area contributed by atoms with Crippen molar-refractivity contribution in [1.29, 1.82) is 0 Å². The smallest absolute Gasteiger partial charge is 0.355 e. The monoisotopic (exact) mass is 774 g/mol. The van der Waals surface area contributed by atoms with Gasteiger partial charge < -0.3 is 20.1 Å². The van der Waals surface area contributed by atoms with Gasteiger partial charge in [-0.3, -0.25) is 13.9 Å². The minimum atomic E-state index is -5.08. The first-order valence-electron chi connectivity index (χ1n) is 13.9. The molecule has 5 N–H and O–H groups in total. The molecule has 0 aliphatic carbocycles. The van der Waals surface area contributed by atoms with Gasteiger partial charge >= 0.3 is 5.97 Å². The molecule has 0 radical (unpaired) electrons. The summed E-state index contributed by atoms with van der Waals surface area (Å²) in [7, 11) is -12.6. The zero-order chi connectivity index (χ0) is 38.3. The fraction of sp³-hybridized carbons (Fsp3) is 0.0690. The van der Waals surface area contributed by atoms with Crippen LogP contribution in [0.1, 0.15) is 0 Å². The topological polar surface area (TPSA) is 312 Å². The first kappa shape index (κ1) is 37.1. The van der Waals surface area contributed by atoms with E-state index in [1.54, 1.807) is 0 Å². The van der Waals surface area contributed by atoms with E-state index >= 15 is 0 Å². The Bertz CT molecular complexity index is 2620. The number of carbonyl (C=O) groups excluding carboxylic acids is 1. The quantitative estimate of drug-likeness (QED) is 0.106. The van der Waals surface area contributed by atoms with Crippen LogP contribution in [-0.4, -0.2) is 80.4 Å². The molecular formula is C29H22N6O14S3. The zero-order valence-corrected chi connectivity index (χ0v) is 28.4. The second-order valence-electron chi connectivity index (χ2n) is 10.4. The van der Waals surface area contributed by atoms with Gasteiger partial charge in [-0.2, -0.15) is 37.2 Å². The maximum absolute atomic E-state index is 13.1. The number of ether oxygens (including phenoxy) is 1. The highest BCUT2D eigenvalue weighted by atomic mass is 32.2.